The van der Waals surface area contributed by atoms with Crippen LogP contribution < -0.4 is 19.8 Å². The molecule has 1 aromatic heterocycles. The lowest BCUT2D eigenvalue weighted by atomic mass is 9.83. The van der Waals surface area contributed by atoms with Gasteiger partial charge in [0.15, 0.2) is 0 Å². The lowest BCUT2D eigenvalue weighted by molar-refractivity contribution is -0.122. The van der Waals surface area contributed by atoms with E-state index >= 15 is 0 Å². The SMILES string of the molecule is COc1ccc(N2C(=O)[C@H]3[C@H](c4cccc(Cl)c4Cl)c4sc(=O)n(CC(=O)Nc5ccccc5C)c4S[C@H]3C2=O)cc1. The van der Waals surface area contributed by atoms with Crippen molar-refractivity contribution in [2.24, 2.45) is 5.92 Å². The maximum atomic E-state index is 14.0. The number of aryl methyl sites for hydroxylation is 1. The van der Waals surface area contributed by atoms with Gasteiger partial charge in [-0.3, -0.25) is 23.7 Å². The van der Waals surface area contributed by atoms with Crippen molar-refractivity contribution in [3.8, 4) is 5.75 Å². The largest absolute Gasteiger partial charge is 0.497 e. The number of halogens is 2. The van der Waals surface area contributed by atoms with Crippen LogP contribution in [-0.2, 0) is 20.9 Å². The van der Waals surface area contributed by atoms with Gasteiger partial charge in [-0.15, -0.1) is 0 Å². The predicted molar refractivity (Wildman–Crippen MR) is 165 cm³/mol. The summed E-state index contributed by atoms with van der Waals surface area (Å²) in [6, 6.07) is 19.1. The topological polar surface area (TPSA) is 97.7 Å². The number of hydrogen-bond donors (Lipinski definition) is 1. The quantitative estimate of drug-likeness (QED) is 0.261. The van der Waals surface area contributed by atoms with Crippen LogP contribution in [0, 0.1) is 12.8 Å². The van der Waals surface area contributed by atoms with Gasteiger partial charge in [-0.25, -0.2) is 4.90 Å². The Kier molecular flexibility index (Phi) is 7.65. The summed E-state index contributed by atoms with van der Waals surface area (Å²) in [6.45, 7) is 1.62. The number of nitrogens with zero attached hydrogens (tertiary/aromatic N) is 2. The van der Waals surface area contributed by atoms with Crippen molar-refractivity contribution in [3.05, 3.63) is 102 Å². The summed E-state index contributed by atoms with van der Waals surface area (Å²) >= 11 is 15.2. The maximum absolute atomic E-state index is 14.0. The van der Waals surface area contributed by atoms with Gasteiger partial charge in [0, 0.05) is 16.5 Å². The first-order chi connectivity index (χ1) is 20.2. The molecule has 0 saturated carbocycles. The highest BCUT2D eigenvalue weighted by atomic mass is 35.5. The number of carbonyl (C=O) groups excluding carboxylic acids is 3. The number of thiazole rings is 1. The van der Waals surface area contributed by atoms with E-state index in [0.29, 0.717) is 37.6 Å². The molecule has 2 aliphatic rings. The zero-order chi connectivity index (χ0) is 29.7. The third-order valence-corrected chi connectivity index (χ3v) is 10.9. The molecule has 8 nitrogen and oxygen atoms in total. The monoisotopic (exact) mass is 639 g/mol. The second-order valence-corrected chi connectivity index (χ2v) is 12.8. The fraction of sp³-hybridized carbons (Fsp3) is 0.200. The molecule has 1 saturated heterocycles. The van der Waals surface area contributed by atoms with Gasteiger partial charge in [-0.05, 0) is 54.4 Å². The molecule has 0 unspecified atom stereocenters. The molecule has 1 N–H and O–H groups in total. The standard InChI is InChI=1S/C30H23Cl2N3O5S2/c1-15-6-3-4-9-20(15)33-21(36)14-34-29-26(42-30(34)39)22(18-7-5-8-19(31)24(18)32)23-25(41-29)28(38)35(27(23)37)16-10-12-17(40-2)13-11-16/h3-13,22-23,25H,14H2,1-2H3,(H,33,36)/t22-,23-,25+/m0/s1. The third kappa shape index (κ3) is 4.82. The Bertz CT molecular complexity index is 1800. The van der Waals surface area contributed by atoms with Gasteiger partial charge >= 0.3 is 4.87 Å². The van der Waals surface area contributed by atoms with E-state index in [4.69, 9.17) is 27.9 Å². The van der Waals surface area contributed by atoms with Gasteiger partial charge in [0.1, 0.15) is 17.5 Å². The highest BCUT2D eigenvalue weighted by Gasteiger charge is 2.57. The van der Waals surface area contributed by atoms with E-state index < -0.39 is 28.9 Å². The number of anilines is 2. The molecule has 3 amide bonds. The number of methoxy groups -OCH3 is 1. The van der Waals surface area contributed by atoms with E-state index in [9.17, 15) is 19.2 Å². The number of amides is 3. The number of nitrogens with one attached hydrogen (secondary N) is 1. The summed E-state index contributed by atoms with van der Waals surface area (Å²) in [4.78, 5) is 55.8. The second-order valence-electron chi connectivity index (χ2n) is 9.88. The normalized spacial score (nSPS) is 19.4. The van der Waals surface area contributed by atoms with Crippen LogP contribution in [0.3, 0.4) is 0 Å². The average Bonchev–Trinajstić information content (AvgIpc) is 3.42. The summed E-state index contributed by atoms with van der Waals surface area (Å²) in [5, 5.41) is 3.00. The molecule has 214 valence electrons. The van der Waals surface area contributed by atoms with E-state index in [-0.39, 0.29) is 22.3 Å². The van der Waals surface area contributed by atoms with Crippen LogP contribution in [-0.4, -0.2) is 34.6 Å². The molecule has 6 rings (SSSR count). The van der Waals surface area contributed by atoms with Gasteiger partial charge < -0.3 is 10.1 Å². The van der Waals surface area contributed by atoms with Gasteiger partial charge in [-0.2, -0.15) is 0 Å². The van der Waals surface area contributed by atoms with Crippen LogP contribution in [0.5, 0.6) is 5.75 Å². The molecular formula is C30H23Cl2N3O5S2. The molecule has 0 bridgehead atoms. The van der Waals surface area contributed by atoms with E-state index in [1.165, 1.54) is 16.6 Å². The number of hydrogen-bond acceptors (Lipinski definition) is 7. The number of thioether (sulfide) groups is 1. The number of fused-ring (bicyclic) bond motifs is 2. The molecule has 0 aliphatic carbocycles. The van der Waals surface area contributed by atoms with Crippen molar-refractivity contribution in [1.82, 2.24) is 4.57 Å². The molecule has 0 radical (unpaired) electrons. The lowest BCUT2D eigenvalue weighted by Crippen LogP contribution is -2.33. The van der Waals surface area contributed by atoms with Crippen molar-refractivity contribution >= 4 is 75.4 Å². The van der Waals surface area contributed by atoms with Gasteiger partial charge in [0.2, 0.25) is 17.7 Å². The van der Waals surface area contributed by atoms with Gasteiger partial charge in [0.05, 0.1) is 33.8 Å². The Hall–Kier alpha value is -3.57. The number of ether oxygens (including phenoxy) is 1. The van der Waals surface area contributed by atoms with Crippen molar-refractivity contribution in [2.75, 3.05) is 17.3 Å². The molecule has 0 spiro atoms. The molecular weight excluding hydrogens is 617 g/mol. The minimum absolute atomic E-state index is 0.244. The highest BCUT2D eigenvalue weighted by Crippen LogP contribution is 2.55. The zero-order valence-corrected chi connectivity index (χ0v) is 25.4. The Balaban J connectivity index is 1.43. The number of benzene rings is 3. The first-order valence-electron chi connectivity index (χ1n) is 12.9. The Morgan fingerprint density at radius 2 is 1.71 bits per heavy atom. The van der Waals surface area contributed by atoms with Crippen molar-refractivity contribution in [3.63, 3.8) is 0 Å². The van der Waals surface area contributed by atoms with E-state index in [2.05, 4.69) is 5.32 Å². The minimum atomic E-state index is -0.855. The van der Waals surface area contributed by atoms with Crippen LogP contribution in [0.4, 0.5) is 11.4 Å². The number of rotatable bonds is 6. The van der Waals surface area contributed by atoms with Crippen molar-refractivity contribution in [2.45, 2.75) is 29.7 Å². The van der Waals surface area contributed by atoms with Crippen molar-refractivity contribution in [1.29, 1.82) is 0 Å². The Morgan fingerprint density at radius 3 is 2.43 bits per heavy atom. The summed E-state index contributed by atoms with van der Waals surface area (Å²) in [7, 11) is 1.53. The van der Waals surface area contributed by atoms with Crippen LogP contribution >= 0.6 is 46.3 Å². The first kappa shape index (κ1) is 28.5. The summed E-state index contributed by atoms with van der Waals surface area (Å²) in [6.07, 6.45) is 0. The number of imide groups is 1. The fourth-order valence-electron chi connectivity index (χ4n) is 5.38. The van der Waals surface area contributed by atoms with Crippen LogP contribution in [0.15, 0.2) is 76.6 Å². The summed E-state index contributed by atoms with van der Waals surface area (Å²) in [5.74, 6) is -2.19. The van der Waals surface area contributed by atoms with E-state index in [0.717, 1.165) is 28.7 Å². The molecule has 4 aromatic rings. The maximum Gasteiger partial charge on any atom is 0.308 e. The fourth-order valence-corrected chi connectivity index (χ4v) is 8.57. The second kappa shape index (κ2) is 11.3. The minimum Gasteiger partial charge on any atom is -0.497 e. The molecule has 3 heterocycles. The molecule has 12 heteroatoms. The van der Waals surface area contributed by atoms with Gasteiger partial charge in [-0.1, -0.05) is 76.6 Å². The summed E-state index contributed by atoms with van der Waals surface area (Å²) < 4.78 is 6.60. The van der Waals surface area contributed by atoms with Crippen LogP contribution in [0.1, 0.15) is 21.9 Å². The van der Waals surface area contributed by atoms with Crippen molar-refractivity contribution < 1.29 is 19.1 Å². The Morgan fingerprint density at radius 1 is 0.976 bits per heavy atom. The number of aromatic nitrogens is 1. The predicted octanol–water partition coefficient (Wildman–Crippen LogP) is 5.97. The molecule has 3 aromatic carbocycles. The van der Waals surface area contributed by atoms with Gasteiger partial charge in [0.25, 0.3) is 0 Å². The summed E-state index contributed by atoms with van der Waals surface area (Å²) in [5.41, 5.74) is 2.47. The number of para-hydroxylation sites is 1. The van der Waals surface area contributed by atoms with E-state index in [1.807, 2.05) is 25.1 Å². The molecule has 1 fully saturated rings. The molecule has 3 atom stereocenters. The highest BCUT2D eigenvalue weighted by molar-refractivity contribution is 8.00. The smallest absolute Gasteiger partial charge is 0.308 e. The average molecular weight is 641 g/mol. The lowest BCUT2D eigenvalue weighted by Gasteiger charge is -2.31. The zero-order valence-electron chi connectivity index (χ0n) is 22.3. The molecule has 2 aliphatic heterocycles. The molecule has 42 heavy (non-hydrogen) atoms. The first-order valence-corrected chi connectivity index (χ1v) is 15.4. The van der Waals surface area contributed by atoms with Crippen LogP contribution in [0.25, 0.3) is 0 Å². The number of carbonyl (C=O) groups is 3. The van der Waals surface area contributed by atoms with E-state index in [1.54, 1.807) is 48.5 Å². The van der Waals surface area contributed by atoms with Crippen LogP contribution in [0.2, 0.25) is 10.0 Å². The third-order valence-electron chi connectivity index (χ3n) is 7.42. The Labute approximate surface area is 259 Å².